The van der Waals surface area contributed by atoms with E-state index in [1.54, 1.807) is 60.5 Å². The Kier molecular flexibility index (Phi) is 23.6. The van der Waals surface area contributed by atoms with E-state index in [0.717, 1.165) is 5.56 Å². The van der Waals surface area contributed by atoms with Crippen LogP contribution in [0.2, 0.25) is 0 Å². The van der Waals surface area contributed by atoms with Crippen LogP contribution >= 0.6 is 0 Å². The molecule has 0 spiro atoms. The highest BCUT2D eigenvalue weighted by Crippen LogP contribution is 2.43. The van der Waals surface area contributed by atoms with Crippen LogP contribution in [0, 0.1) is 17.8 Å². The molecule has 0 radical (unpaired) electrons. The Bertz CT molecular complexity index is 1840. The number of amides is 1. The molecule has 71 heavy (non-hydrogen) atoms. The molecule has 1 aromatic rings. The number of aliphatic hydroxyl groups is 2. The molecule has 0 aromatic heterocycles. The summed E-state index contributed by atoms with van der Waals surface area (Å²) in [6, 6.07) is 8.85. The minimum Gasteiger partial charge on any atom is -0.462 e. The SMILES string of the molecule is CCC(=O)O[C@@H]1CC(=O)O[C@H](C)CCN(C(=O)CCc2ccccc2)C[C@H](O)[C@H](C)C[C@H](CC(OC)OC)[C@H]([C@@H]2O[C@H](C)[C@@H](O[C@H]3C[C@@](C)(OC(C)=O)[C@@H](OC(=O)CC)[C@H](C)O3)[C@H](N(C)C)[C@H]2O)[C@@H]1OC. The Morgan fingerprint density at radius 2 is 1.56 bits per heavy atom. The summed E-state index contributed by atoms with van der Waals surface area (Å²) in [7, 11) is 8.01. The number of hydrogen-bond acceptors (Lipinski definition) is 18. The zero-order valence-electron chi connectivity index (χ0n) is 44.3. The van der Waals surface area contributed by atoms with Crippen LogP contribution in [-0.4, -0.2) is 184 Å². The molecule has 2 N–H and O–H groups in total. The van der Waals surface area contributed by atoms with E-state index in [0.29, 0.717) is 6.42 Å². The summed E-state index contributed by atoms with van der Waals surface area (Å²) in [5, 5.41) is 25.0. The summed E-state index contributed by atoms with van der Waals surface area (Å²) in [5.41, 5.74) is -0.340. The number of carbonyl (C=O) groups is 5. The number of β-amino-alcohol motifs (C(OH)–C–C–N with tert-alkyl or cyclic N) is 1. The molecule has 19 nitrogen and oxygen atoms in total. The van der Waals surface area contributed by atoms with Crippen molar-refractivity contribution in [1.29, 1.82) is 0 Å². The first kappa shape index (κ1) is 59.8. The van der Waals surface area contributed by atoms with Gasteiger partial charge in [0.05, 0.1) is 43.0 Å². The molecule has 0 saturated carbocycles. The molecule has 0 aliphatic carbocycles. The molecule has 4 rings (SSSR count). The molecule has 3 heterocycles. The molecule has 3 fully saturated rings. The molecule has 16 atom stereocenters. The number of carbonyl (C=O) groups excluding carboxylic acids is 5. The predicted octanol–water partition coefficient (Wildman–Crippen LogP) is 4.38. The molecular formula is C52H84N2O17. The standard InChI is InChI=1S/C52H84N2O17/c1-14-40(58)68-38-27-42(60)65-31(4)23-24-54(39(57)22-21-35-19-17-16-18-20-35)29-37(56)30(3)25-36(26-43(62-11)63-12)45(49(38)64-13)50-47(61)46(53(9)10)48(32(5)67-50)70-44-28-52(8,71-34(7)55)51(33(6)66-44)69-41(59)15-2/h16-20,30-33,36-38,43-51,56,61H,14-15,21-29H2,1-13H3/t30-,31-,32-,33+,36-,37+,38-,44+,45+,46-,47-,48-,49-,50+,51+,52-/m1/s1. The third-order valence-electron chi connectivity index (χ3n) is 14.3. The molecule has 3 aliphatic rings. The van der Waals surface area contributed by atoms with Crippen molar-refractivity contribution in [3.63, 3.8) is 0 Å². The number of hydrogen-bond donors (Lipinski definition) is 2. The van der Waals surface area contributed by atoms with E-state index in [1.807, 2.05) is 42.2 Å². The van der Waals surface area contributed by atoms with Crippen molar-refractivity contribution in [1.82, 2.24) is 9.80 Å². The van der Waals surface area contributed by atoms with Crippen LogP contribution in [0.5, 0.6) is 0 Å². The maximum Gasteiger partial charge on any atom is 0.309 e. The lowest BCUT2D eigenvalue weighted by Gasteiger charge is -2.53. The van der Waals surface area contributed by atoms with E-state index in [9.17, 15) is 34.2 Å². The number of esters is 4. The fraction of sp³-hybridized carbons (Fsp3) is 0.788. The van der Waals surface area contributed by atoms with E-state index in [1.165, 1.54) is 28.3 Å². The minimum atomic E-state index is -1.37. The summed E-state index contributed by atoms with van der Waals surface area (Å²) in [6.07, 6.45) is -10.7. The fourth-order valence-electron chi connectivity index (χ4n) is 10.6. The maximum atomic E-state index is 14.0. The van der Waals surface area contributed by atoms with Crippen molar-refractivity contribution in [2.75, 3.05) is 48.5 Å². The zero-order chi connectivity index (χ0) is 52.7. The average Bonchev–Trinajstić information content (AvgIpc) is 3.31. The van der Waals surface area contributed by atoms with E-state index in [4.69, 9.17) is 47.4 Å². The van der Waals surface area contributed by atoms with Crippen LogP contribution in [0.1, 0.15) is 112 Å². The quantitative estimate of drug-likeness (QED) is 0.125. The van der Waals surface area contributed by atoms with Gasteiger partial charge in [-0.3, -0.25) is 24.0 Å². The van der Waals surface area contributed by atoms with Crippen molar-refractivity contribution in [2.24, 2.45) is 17.8 Å². The highest BCUT2D eigenvalue weighted by molar-refractivity contribution is 5.76. The van der Waals surface area contributed by atoms with E-state index < -0.39 is 133 Å². The van der Waals surface area contributed by atoms with Crippen molar-refractivity contribution in [3.8, 4) is 0 Å². The van der Waals surface area contributed by atoms with Gasteiger partial charge in [-0.25, -0.2) is 0 Å². The van der Waals surface area contributed by atoms with Crippen LogP contribution < -0.4 is 0 Å². The van der Waals surface area contributed by atoms with E-state index in [-0.39, 0.29) is 63.9 Å². The summed E-state index contributed by atoms with van der Waals surface area (Å²) in [4.78, 5) is 69.7. The molecule has 0 unspecified atom stereocenters. The largest absolute Gasteiger partial charge is 0.462 e. The van der Waals surface area contributed by atoms with Gasteiger partial charge in [-0.05, 0) is 72.0 Å². The van der Waals surface area contributed by atoms with Gasteiger partial charge in [-0.15, -0.1) is 0 Å². The lowest BCUT2D eigenvalue weighted by molar-refractivity contribution is -0.320. The van der Waals surface area contributed by atoms with Gasteiger partial charge in [-0.1, -0.05) is 51.1 Å². The van der Waals surface area contributed by atoms with Gasteiger partial charge in [0.25, 0.3) is 0 Å². The highest BCUT2D eigenvalue weighted by atomic mass is 16.7. The first-order chi connectivity index (χ1) is 33.6. The molecule has 3 aliphatic heterocycles. The molecule has 1 aromatic carbocycles. The molecule has 1 amide bonds. The van der Waals surface area contributed by atoms with Crippen LogP contribution in [0.3, 0.4) is 0 Å². The van der Waals surface area contributed by atoms with Gasteiger partial charge in [0, 0.05) is 85.8 Å². The lowest BCUT2D eigenvalue weighted by atomic mass is 9.70. The lowest BCUT2D eigenvalue weighted by Crippen LogP contribution is -2.67. The second kappa shape index (κ2) is 28.0. The summed E-state index contributed by atoms with van der Waals surface area (Å²) < 4.78 is 61.6. The van der Waals surface area contributed by atoms with Crippen LogP contribution in [-0.2, 0) is 77.8 Å². The van der Waals surface area contributed by atoms with Gasteiger partial charge in [0.15, 0.2) is 24.3 Å². The second-order valence-corrected chi connectivity index (χ2v) is 20.0. The molecular weight excluding hydrogens is 925 g/mol. The number of cyclic esters (lactones) is 1. The number of ether oxygens (including phenoxy) is 10. The first-order valence-corrected chi connectivity index (χ1v) is 25.3. The van der Waals surface area contributed by atoms with Gasteiger partial charge < -0.3 is 67.4 Å². The monoisotopic (exact) mass is 1010 g/mol. The Morgan fingerprint density at radius 3 is 2.15 bits per heavy atom. The number of methoxy groups -OCH3 is 3. The Labute approximate surface area is 420 Å². The second-order valence-electron chi connectivity index (χ2n) is 20.0. The van der Waals surface area contributed by atoms with Crippen molar-refractivity contribution >= 4 is 29.8 Å². The highest BCUT2D eigenvalue weighted by Gasteiger charge is 2.56. The van der Waals surface area contributed by atoms with Gasteiger partial charge >= 0.3 is 23.9 Å². The van der Waals surface area contributed by atoms with E-state index in [2.05, 4.69) is 0 Å². The number of benzene rings is 1. The zero-order valence-corrected chi connectivity index (χ0v) is 44.3. The van der Waals surface area contributed by atoms with Crippen LogP contribution in [0.4, 0.5) is 0 Å². The van der Waals surface area contributed by atoms with Crippen LogP contribution in [0.15, 0.2) is 30.3 Å². The predicted molar refractivity (Wildman–Crippen MR) is 258 cm³/mol. The summed E-state index contributed by atoms with van der Waals surface area (Å²) in [5.74, 6) is -4.52. The average molecular weight is 1010 g/mol. The molecule has 0 bridgehead atoms. The van der Waals surface area contributed by atoms with Gasteiger partial charge in [0.1, 0.15) is 24.4 Å². The number of rotatable bonds is 17. The van der Waals surface area contributed by atoms with Gasteiger partial charge in [0.2, 0.25) is 5.91 Å². The number of nitrogens with zero attached hydrogens (tertiary/aromatic N) is 2. The number of aryl methyl sites for hydroxylation is 1. The maximum absolute atomic E-state index is 14.0. The number of aliphatic hydroxyl groups excluding tert-OH is 2. The molecule has 19 heteroatoms. The van der Waals surface area contributed by atoms with Crippen LogP contribution in [0.25, 0.3) is 0 Å². The number of likely N-dealkylation sites (N-methyl/N-ethyl adjacent to an activating group) is 1. The Hall–Kier alpha value is -3.79. The Morgan fingerprint density at radius 1 is 0.915 bits per heavy atom. The Balaban J connectivity index is 1.81. The fourth-order valence-corrected chi connectivity index (χ4v) is 10.6. The topological polar surface area (TPSA) is 225 Å². The van der Waals surface area contributed by atoms with Gasteiger partial charge in [-0.2, -0.15) is 0 Å². The third-order valence-corrected chi connectivity index (χ3v) is 14.3. The van der Waals surface area contributed by atoms with Crippen molar-refractivity contribution < 1.29 is 81.6 Å². The van der Waals surface area contributed by atoms with Crippen molar-refractivity contribution in [2.45, 2.75) is 198 Å². The first-order valence-electron chi connectivity index (χ1n) is 25.3. The molecule has 3 saturated heterocycles. The summed E-state index contributed by atoms with van der Waals surface area (Å²) in [6.45, 7) is 13.5. The van der Waals surface area contributed by atoms with Crippen molar-refractivity contribution in [3.05, 3.63) is 35.9 Å². The third kappa shape index (κ3) is 16.6. The molecule has 404 valence electrons. The van der Waals surface area contributed by atoms with E-state index >= 15 is 0 Å². The minimum absolute atomic E-state index is 0.00325. The summed E-state index contributed by atoms with van der Waals surface area (Å²) >= 11 is 0. The normalized spacial score (nSPS) is 34.7. The smallest absolute Gasteiger partial charge is 0.309 e.